The van der Waals surface area contributed by atoms with Crippen molar-refractivity contribution in [1.82, 2.24) is 25.1 Å². The van der Waals surface area contributed by atoms with Gasteiger partial charge in [0.1, 0.15) is 23.9 Å². The molecule has 192 valence electrons. The van der Waals surface area contributed by atoms with Gasteiger partial charge in [0.05, 0.1) is 28.8 Å². The van der Waals surface area contributed by atoms with Crippen molar-refractivity contribution in [2.75, 3.05) is 27.2 Å². The molecular weight excluding hydrogens is 481 g/mol. The number of aromatic nitrogens is 4. The van der Waals surface area contributed by atoms with Crippen LogP contribution in [0.4, 0.5) is 4.39 Å². The monoisotopic (exact) mass is 509 g/mol. The molecule has 0 aliphatic heterocycles. The Morgan fingerprint density at radius 3 is 2.71 bits per heavy atom. The van der Waals surface area contributed by atoms with Gasteiger partial charge in [-0.05, 0) is 64.1 Å². The number of pyridine rings is 1. The number of rotatable bonds is 9. The first-order valence-corrected chi connectivity index (χ1v) is 12.2. The van der Waals surface area contributed by atoms with Crippen LogP contribution in [0.3, 0.4) is 0 Å². The van der Waals surface area contributed by atoms with Crippen LogP contribution in [0.2, 0.25) is 0 Å². The van der Waals surface area contributed by atoms with Gasteiger partial charge in [-0.25, -0.2) is 4.39 Å². The average molecular weight is 510 g/mol. The zero-order chi connectivity index (χ0) is 26.6. The summed E-state index contributed by atoms with van der Waals surface area (Å²) in [5, 5.41) is 9.44. The number of hydrogen-bond acceptors (Lipinski definition) is 6. The van der Waals surface area contributed by atoms with Crippen LogP contribution >= 0.6 is 0 Å². The molecule has 0 radical (unpaired) electrons. The van der Waals surface area contributed by atoms with E-state index < -0.39 is 0 Å². The molecule has 3 aromatic heterocycles. The van der Waals surface area contributed by atoms with Crippen molar-refractivity contribution < 1.29 is 9.13 Å². The van der Waals surface area contributed by atoms with Crippen LogP contribution in [0, 0.1) is 5.82 Å². The maximum Gasteiger partial charge on any atom is 0.127 e. The zero-order valence-electron chi connectivity index (χ0n) is 21.5. The summed E-state index contributed by atoms with van der Waals surface area (Å²) < 4.78 is 20.3. The summed E-state index contributed by atoms with van der Waals surface area (Å²) in [5.74, 6) is 0.0872. The van der Waals surface area contributed by atoms with E-state index >= 15 is 0 Å². The van der Waals surface area contributed by atoms with Gasteiger partial charge in [0.25, 0.3) is 0 Å². The molecule has 5 rings (SSSR count). The lowest BCUT2D eigenvalue weighted by Crippen LogP contribution is -2.19. The van der Waals surface area contributed by atoms with E-state index in [1.165, 1.54) is 12.1 Å². The van der Waals surface area contributed by atoms with Gasteiger partial charge in [-0.3, -0.25) is 20.1 Å². The summed E-state index contributed by atoms with van der Waals surface area (Å²) in [6.45, 7) is 6.71. The van der Waals surface area contributed by atoms with Crippen molar-refractivity contribution in [3.05, 3.63) is 72.3 Å². The molecule has 0 atom stereocenters. The van der Waals surface area contributed by atoms with Crippen molar-refractivity contribution in [2.45, 2.75) is 6.92 Å². The van der Waals surface area contributed by atoms with Crippen LogP contribution in [-0.2, 0) is 0 Å². The number of aliphatic imine (C=N–C) groups is 2. The standard InChI is InChI=1S/C29H28FN7O/c1-5-32-17-27(31-2)18-6-7-25-22(14-18)29(36-35-25)26-16-23-24(34-26)8-9-33-28(23)19-12-20(30)15-21(13-19)38-11-10-37(3)4/h5-9,12-17,34H,2,10-11H2,1,3-4H3,(H,35,36)/b27-17-,32-5-. The van der Waals surface area contributed by atoms with Gasteiger partial charge < -0.3 is 14.6 Å². The summed E-state index contributed by atoms with van der Waals surface area (Å²) in [6.07, 6.45) is 5.07. The Morgan fingerprint density at radius 1 is 1.08 bits per heavy atom. The predicted molar refractivity (Wildman–Crippen MR) is 152 cm³/mol. The summed E-state index contributed by atoms with van der Waals surface area (Å²) in [6, 6.07) is 14.5. The minimum absolute atomic E-state index is 0.380. The number of H-pyrrole nitrogens is 2. The fraction of sp³-hybridized carbons (Fsp3) is 0.172. The normalized spacial score (nSPS) is 12.3. The van der Waals surface area contributed by atoms with Crippen molar-refractivity contribution in [3.63, 3.8) is 0 Å². The largest absolute Gasteiger partial charge is 0.492 e. The first-order chi connectivity index (χ1) is 18.5. The van der Waals surface area contributed by atoms with Crippen LogP contribution in [0.25, 0.3) is 50.1 Å². The van der Waals surface area contributed by atoms with E-state index in [9.17, 15) is 4.39 Å². The predicted octanol–water partition coefficient (Wildman–Crippen LogP) is 5.94. The highest BCUT2D eigenvalue weighted by Crippen LogP contribution is 2.35. The van der Waals surface area contributed by atoms with Crippen molar-refractivity contribution in [2.24, 2.45) is 9.98 Å². The molecule has 38 heavy (non-hydrogen) atoms. The highest BCUT2D eigenvalue weighted by Gasteiger charge is 2.16. The van der Waals surface area contributed by atoms with E-state index in [1.807, 2.05) is 62.3 Å². The molecule has 0 saturated carbocycles. The third-order valence-electron chi connectivity index (χ3n) is 6.13. The Bertz CT molecular complexity index is 1680. The lowest BCUT2D eigenvalue weighted by atomic mass is 10.1. The van der Waals surface area contributed by atoms with Gasteiger partial charge in [-0.1, -0.05) is 6.07 Å². The SMILES string of the molecule is C=N/C(=C\N=C/C)c1ccc2[nH]nc(-c3cc4c(-c5cc(F)cc(OCCN(C)C)c5)nccc4[nH]3)c2c1. The zero-order valence-corrected chi connectivity index (χ0v) is 21.5. The first kappa shape index (κ1) is 25.0. The number of nitrogens with zero attached hydrogens (tertiary/aromatic N) is 5. The van der Waals surface area contributed by atoms with E-state index in [4.69, 9.17) is 4.74 Å². The molecule has 0 unspecified atom stereocenters. The molecule has 5 aromatic rings. The van der Waals surface area contributed by atoms with Crippen LogP contribution in [-0.4, -0.2) is 65.2 Å². The summed E-state index contributed by atoms with van der Waals surface area (Å²) in [4.78, 5) is 18.3. The number of nitrogens with one attached hydrogen (secondary N) is 2. The minimum Gasteiger partial charge on any atom is -0.492 e. The lowest BCUT2D eigenvalue weighted by molar-refractivity contribution is 0.260. The van der Waals surface area contributed by atoms with Gasteiger partial charge in [-0.2, -0.15) is 5.10 Å². The fourth-order valence-corrected chi connectivity index (χ4v) is 4.27. The summed E-state index contributed by atoms with van der Waals surface area (Å²) in [7, 11) is 3.93. The van der Waals surface area contributed by atoms with E-state index in [2.05, 4.69) is 36.9 Å². The van der Waals surface area contributed by atoms with Gasteiger partial charge >= 0.3 is 0 Å². The number of halogens is 1. The Balaban J connectivity index is 1.56. The Labute approximate surface area is 219 Å². The highest BCUT2D eigenvalue weighted by atomic mass is 19.1. The maximum absolute atomic E-state index is 14.5. The number of ether oxygens (including phenoxy) is 1. The van der Waals surface area contributed by atoms with Gasteiger partial charge in [0.15, 0.2) is 0 Å². The Hall–Kier alpha value is -4.63. The molecule has 8 nitrogen and oxygen atoms in total. The molecule has 3 heterocycles. The number of likely N-dealkylation sites (N-methyl/N-ethyl adjacent to an activating group) is 1. The topological polar surface area (TPSA) is 94.5 Å². The molecule has 0 bridgehead atoms. The molecule has 0 aliphatic carbocycles. The smallest absolute Gasteiger partial charge is 0.127 e. The highest BCUT2D eigenvalue weighted by molar-refractivity contribution is 6.00. The number of aromatic amines is 2. The number of benzene rings is 2. The maximum atomic E-state index is 14.5. The molecule has 2 N–H and O–H groups in total. The third kappa shape index (κ3) is 5.09. The van der Waals surface area contributed by atoms with Gasteiger partial charge in [0, 0.05) is 52.4 Å². The Kier molecular flexibility index (Phi) is 7.10. The first-order valence-electron chi connectivity index (χ1n) is 12.2. The molecule has 9 heteroatoms. The second kappa shape index (κ2) is 10.8. The quantitative estimate of drug-likeness (QED) is 0.240. The van der Waals surface area contributed by atoms with E-state index in [0.29, 0.717) is 29.3 Å². The lowest BCUT2D eigenvalue weighted by Gasteiger charge is -2.12. The van der Waals surface area contributed by atoms with Gasteiger partial charge in [-0.15, -0.1) is 0 Å². The molecule has 0 saturated heterocycles. The van der Waals surface area contributed by atoms with E-state index in [-0.39, 0.29) is 5.82 Å². The Morgan fingerprint density at radius 2 is 1.92 bits per heavy atom. The van der Waals surface area contributed by atoms with E-state index in [1.54, 1.807) is 18.6 Å². The second-order valence-electron chi connectivity index (χ2n) is 9.04. The van der Waals surface area contributed by atoms with Gasteiger partial charge in [0.2, 0.25) is 0 Å². The van der Waals surface area contributed by atoms with Crippen LogP contribution in [0.5, 0.6) is 5.75 Å². The molecular formula is C29H28FN7O. The molecule has 0 amide bonds. The minimum atomic E-state index is -0.380. The average Bonchev–Trinajstić information content (AvgIpc) is 3.52. The van der Waals surface area contributed by atoms with Crippen molar-refractivity contribution in [3.8, 4) is 28.4 Å². The number of hydrogen-bond donors (Lipinski definition) is 2. The van der Waals surface area contributed by atoms with Crippen LogP contribution in [0.15, 0.2) is 70.9 Å². The number of fused-ring (bicyclic) bond motifs is 2. The fourth-order valence-electron chi connectivity index (χ4n) is 4.27. The summed E-state index contributed by atoms with van der Waals surface area (Å²) in [5.41, 5.74) is 6.13. The van der Waals surface area contributed by atoms with Crippen molar-refractivity contribution >= 4 is 40.4 Å². The molecule has 0 spiro atoms. The molecule has 0 fully saturated rings. The van der Waals surface area contributed by atoms with Crippen molar-refractivity contribution in [1.29, 1.82) is 0 Å². The third-order valence-corrected chi connectivity index (χ3v) is 6.13. The summed E-state index contributed by atoms with van der Waals surface area (Å²) >= 11 is 0. The second-order valence-corrected chi connectivity index (χ2v) is 9.04. The van der Waals surface area contributed by atoms with Crippen LogP contribution in [0.1, 0.15) is 12.5 Å². The molecule has 0 aliphatic rings. The van der Waals surface area contributed by atoms with Crippen LogP contribution < -0.4 is 4.74 Å². The van der Waals surface area contributed by atoms with E-state index in [0.717, 1.165) is 45.3 Å². The molecule has 2 aromatic carbocycles.